The second-order valence-corrected chi connectivity index (χ2v) is 8.73. The summed E-state index contributed by atoms with van der Waals surface area (Å²) in [6.45, 7) is 8.47. The second-order valence-electron chi connectivity index (χ2n) is 6.07. The third kappa shape index (κ3) is 3.07. The fraction of sp³-hybridized carbons (Fsp3) is 0.263. The molecule has 0 heterocycles. The van der Waals surface area contributed by atoms with Crippen molar-refractivity contribution in [3.05, 3.63) is 69.8 Å². The van der Waals surface area contributed by atoms with Gasteiger partial charge in [0.05, 0.1) is 0 Å². The number of aryl methyl sites for hydroxylation is 4. The van der Waals surface area contributed by atoms with E-state index >= 15 is 0 Å². The van der Waals surface area contributed by atoms with Crippen molar-refractivity contribution in [3.8, 4) is 0 Å². The molecule has 0 fully saturated rings. The highest BCUT2D eigenvalue weighted by Gasteiger charge is 2.38. The van der Waals surface area contributed by atoms with E-state index in [-0.39, 0.29) is 0 Å². The Morgan fingerprint density at radius 2 is 0.957 bits per heavy atom. The predicted octanol–water partition coefficient (Wildman–Crippen LogP) is 4.89. The van der Waals surface area contributed by atoms with Crippen molar-refractivity contribution in [2.75, 3.05) is 6.66 Å². The molecule has 2 rings (SSSR count). The smallest absolute Gasteiger partial charge is 0.229 e. The molecule has 4 heteroatoms. The van der Waals surface area contributed by atoms with Crippen molar-refractivity contribution in [1.82, 2.24) is 0 Å². The largest absolute Gasteiger partial charge is 0.307 e. The first-order chi connectivity index (χ1) is 10.7. The van der Waals surface area contributed by atoms with E-state index in [2.05, 4.69) is 0 Å². The average molecular weight is 328 g/mol. The zero-order chi connectivity index (χ0) is 17.4. The number of hydrogen-bond acceptors (Lipinski definition) is 3. The molecule has 0 amide bonds. The molecular weight excluding hydrogens is 307 g/mol. The van der Waals surface area contributed by atoms with Gasteiger partial charge in [0.1, 0.15) is 0 Å². The van der Waals surface area contributed by atoms with E-state index in [4.69, 9.17) is 0 Å². The molecule has 0 saturated heterocycles. The maximum atomic E-state index is 13.1. The fourth-order valence-electron chi connectivity index (χ4n) is 2.82. The molecule has 2 aromatic rings. The second kappa shape index (κ2) is 6.25. The lowest BCUT2D eigenvalue weighted by Gasteiger charge is -2.16. The Labute approximate surface area is 137 Å². The molecule has 0 atom stereocenters. The number of hydrogen-bond donors (Lipinski definition) is 0. The molecule has 0 unspecified atom stereocenters. The van der Waals surface area contributed by atoms with Gasteiger partial charge in [-0.3, -0.25) is 9.59 Å². The standard InChI is InChI=1S/C19H21O3P/c1-12-8-6-9-13(2)16(12)18(20)23(5,22)19(21)17-14(3)10-7-11-15(17)4/h6-11H,1-5H3. The number of benzene rings is 2. The molecule has 0 aliphatic rings. The lowest BCUT2D eigenvalue weighted by atomic mass is 10.0. The summed E-state index contributed by atoms with van der Waals surface area (Å²) in [5.41, 5.74) is 2.66. The Hall–Kier alpha value is -1.99. The summed E-state index contributed by atoms with van der Waals surface area (Å²) in [6.07, 6.45) is 0. The Morgan fingerprint density at radius 3 is 1.22 bits per heavy atom. The van der Waals surface area contributed by atoms with Crippen molar-refractivity contribution < 1.29 is 14.2 Å². The topological polar surface area (TPSA) is 51.2 Å². The molecule has 0 radical (unpaired) electrons. The van der Waals surface area contributed by atoms with Gasteiger partial charge >= 0.3 is 0 Å². The van der Waals surface area contributed by atoms with E-state index in [1.165, 1.54) is 6.66 Å². The van der Waals surface area contributed by atoms with E-state index in [9.17, 15) is 14.2 Å². The summed E-state index contributed by atoms with van der Waals surface area (Å²) in [7, 11) is -3.70. The van der Waals surface area contributed by atoms with Gasteiger partial charge in [-0.05, 0) is 49.9 Å². The van der Waals surface area contributed by atoms with Crippen LogP contribution in [-0.4, -0.2) is 17.7 Å². The molecule has 0 aliphatic carbocycles. The monoisotopic (exact) mass is 328 g/mol. The number of carbonyl (C=O) groups excluding carboxylic acids is 2. The highest BCUT2D eigenvalue weighted by Crippen LogP contribution is 2.50. The summed E-state index contributed by atoms with van der Waals surface area (Å²) < 4.78 is 13.1. The quantitative estimate of drug-likeness (QED) is 0.751. The zero-order valence-electron chi connectivity index (χ0n) is 14.1. The number of carbonyl (C=O) groups is 2. The molecule has 0 bridgehead atoms. The van der Waals surface area contributed by atoms with Crippen LogP contribution in [-0.2, 0) is 4.57 Å². The molecule has 0 spiro atoms. The molecule has 2 aromatic carbocycles. The average Bonchev–Trinajstić information content (AvgIpc) is 2.46. The fourth-order valence-corrected chi connectivity index (χ4v) is 4.57. The molecule has 0 N–H and O–H groups in total. The van der Waals surface area contributed by atoms with Crippen LogP contribution in [0.25, 0.3) is 0 Å². The van der Waals surface area contributed by atoms with Gasteiger partial charge in [0.2, 0.25) is 18.2 Å². The predicted molar refractivity (Wildman–Crippen MR) is 94.0 cm³/mol. The SMILES string of the molecule is Cc1cccc(C)c1C(=O)P(C)(=O)C(=O)c1c(C)cccc1C. The highest BCUT2D eigenvalue weighted by molar-refractivity contribution is 7.94. The van der Waals surface area contributed by atoms with Crippen LogP contribution < -0.4 is 0 Å². The lowest BCUT2D eigenvalue weighted by molar-refractivity contribution is 0.103. The molecule has 3 nitrogen and oxygen atoms in total. The van der Waals surface area contributed by atoms with Crippen molar-refractivity contribution in [2.45, 2.75) is 27.7 Å². The Kier molecular flexibility index (Phi) is 4.72. The van der Waals surface area contributed by atoms with Gasteiger partial charge in [-0.2, -0.15) is 0 Å². The normalized spacial score (nSPS) is 11.3. The number of rotatable bonds is 4. The van der Waals surface area contributed by atoms with Crippen LogP contribution in [0.15, 0.2) is 36.4 Å². The van der Waals surface area contributed by atoms with Crippen LogP contribution in [0.5, 0.6) is 0 Å². The zero-order valence-corrected chi connectivity index (χ0v) is 15.0. The van der Waals surface area contributed by atoms with Crippen LogP contribution in [0.1, 0.15) is 43.0 Å². The van der Waals surface area contributed by atoms with Crippen LogP contribution in [0.3, 0.4) is 0 Å². The van der Waals surface area contributed by atoms with Crippen molar-refractivity contribution >= 4 is 18.2 Å². The molecular formula is C19H21O3P. The van der Waals surface area contributed by atoms with Gasteiger partial charge in [0.25, 0.3) is 0 Å². The highest BCUT2D eigenvalue weighted by atomic mass is 31.2. The molecule has 0 aromatic heterocycles. The Bertz CT molecular complexity index is 742. The Balaban J connectivity index is 2.56. The summed E-state index contributed by atoms with van der Waals surface area (Å²) in [4.78, 5) is 25.7. The molecule has 0 saturated carbocycles. The van der Waals surface area contributed by atoms with E-state index in [0.29, 0.717) is 11.1 Å². The maximum absolute atomic E-state index is 13.1. The van der Waals surface area contributed by atoms with Gasteiger partial charge in [0.15, 0.2) is 0 Å². The third-order valence-corrected chi connectivity index (χ3v) is 6.16. The minimum Gasteiger partial charge on any atom is -0.307 e. The minimum absolute atomic E-state index is 0.401. The van der Waals surface area contributed by atoms with Gasteiger partial charge in [0, 0.05) is 17.8 Å². The summed E-state index contributed by atoms with van der Waals surface area (Å²) in [6, 6.07) is 10.9. The molecule has 0 aliphatic heterocycles. The van der Waals surface area contributed by atoms with E-state index in [0.717, 1.165) is 22.3 Å². The summed E-state index contributed by atoms with van der Waals surface area (Å²) in [5, 5.41) is 0. The summed E-state index contributed by atoms with van der Waals surface area (Å²) in [5.74, 6) is 0. The van der Waals surface area contributed by atoms with Crippen LogP contribution in [0.2, 0.25) is 0 Å². The van der Waals surface area contributed by atoms with Crippen molar-refractivity contribution in [1.29, 1.82) is 0 Å². The first-order valence-electron chi connectivity index (χ1n) is 7.47. The first-order valence-corrected chi connectivity index (χ1v) is 9.63. The van der Waals surface area contributed by atoms with Crippen molar-refractivity contribution in [2.24, 2.45) is 0 Å². The van der Waals surface area contributed by atoms with E-state index in [1.54, 1.807) is 52.0 Å². The van der Waals surface area contributed by atoms with Gasteiger partial charge in [-0.15, -0.1) is 0 Å². The van der Waals surface area contributed by atoms with Crippen LogP contribution >= 0.6 is 7.14 Å². The minimum atomic E-state index is -3.70. The van der Waals surface area contributed by atoms with Crippen LogP contribution in [0.4, 0.5) is 0 Å². The van der Waals surface area contributed by atoms with Gasteiger partial charge in [-0.1, -0.05) is 36.4 Å². The third-order valence-electron chi connectivity index (χ3n) is 4.17. The molecule has 23 heavy (non-hydrogen) atoms. The van der Waals surface area contributed by atoms with E-state index < -0.39 is 18.2 Å². The van der Waals surface area contributed by atoms with Crippen molar-refractivity contribution in [3.63, 3.8) is 0 Å². The van der Waals surface area contributed by atoms with E-state index in [1.807, 2.05) is 12.1 Å². The van der Waals surface area contributed by atoms with Gasteiger partial charge < -0.3 is 4.57 Å². The first kappa shape index (κ1) is 17.4. The molecule has 120 valence electrons. The maximum Gasteiger partial charge on any atom is 0.229 e. The van der Waals surface area contributed by atoms with Gasteiger partial charge in [-0.25, -0.2) is 0 Å². The Morgan fingerprint density at radius 1 is 0.696 bits per heavy atom. The van der Waals surface area contributed by atoms with Crippen LogP contribution in [0, 0.1) is 27.7 Å². The lowest BCUT2D eigenvalue weighted by Crippen LogP contribution is -2.14. The summed E-state index contributed by atoms with van der Waals surface area (Å²) >= 11 is 0.